The molecular weight excluding hydrogens is 318 g/mol. The number of phenolic OH excluding ortho intramolecular Hbond substituents is 1. The van der Waals surface area contributed by atoms with Crippen LogP contribution in [-0.2, 0) is 0 Å². The van der Waals surface area contributed by atoms with Crippen LogP contribution < -0.4 is 10.1 Å². The Bertz CT molecular complexity index is 1030. The highest BCUT2D eigenvalue weighted by atomic mass is 16.5. The van der Waals surface area contributed by atoms with Crippen LogP contribution in [0.25, 0.3) is 16.8 Å². The highest BCUT2D eigenvalue weighted by molar-refractivity contribution is 5.79. The summed E-state index contributed by atoms with van der Waals surface area (Å²) in [6.45, 7) is 0. The number of nitrogens with zero attached hydrogens (tertiary/aromatic N) is 4. The molecule has 0 radical (unpaired) electrons. The SMILES string of the molecule is COc1ccc(Nc2ccnc3c(-c4cccc(O)c4)cnn23)cn1. The summed E-state index contributed by atoms with van der Waals surface area (Å²) in [6.07, 6.45) is 5.13. The molecule has 124 valence electrons. The van der Waals surface area contributed by atoms with E-state index in [0.717, 1.165) is 22.6 Å². The fraction of sp³-hybridized carbons (Fsp3) is 0.0556. The number of methoxy groups -OCH3 is 1. The van der Waals surface area contributed by atoms with Crippen molar-refractivity contribution in [2.75, 3.05) is 12.4 Å². The molecule has 1 aromatic carbocycles. The second-order valence-electron chi connectivity index (χ2n) is 5.39. The van der Waals surface area contributed by atoms with E-state index in [9.17, 15) is 5.11 Å². The molecule has 2 N–H and O–H groups in total. The van der Waals surface area contributed by atoms with Crippen LogP contribution >= 0.6 is 0 Å². The number of aromatic nitrogens is 4. The number of anilines is 2. The van der Waals surface area contributed by atoms with Crippen molar-refractivity contribution in [3.05, 3.63) is 61.1 Å². The molecule has 0 amide bonds. The number of pyridine rings is 1. The quantitative estimate of drug-likeness (QED) is 0.596. The lowest BCUT2D eigenvalue weighted by atomic mass is 10.1. The minimum absolute atomic E-state index is 0.204. The second-order valence-corrected chi connectivity index (χ2v) is 5.39. The van der Waals surface area contributed by atoms with Gasteiger partial charge >= 0.3 is 0 Å². The molecule has 4 aromatic rings. The molecule has 3 aromatic heterocycles. The van der Waals surface area contributed by atoms with Crippen molar-refractivity contribution >= 4 is 17.2 Å². The third-order valence-corrected chi connectivity index (χ3v) is 3.78. The van der Waals surface area contributed by atoms with Gasteiger partial charge in [-0.15, -0.1) is 0 Å². The molecule has 0 aliphatic rings. The van der Waals surface area contributed by atoms with Gasteiger partial charge in [0.25, 0.3) is 0 Å². The number of rotatable bonds is 4. The average molecular weight is 333 g/mol. The van der Waals surface area contributed by atoms with E-state index in [2.05, 4.69) is 20.4 Å². The predicted molar refractivity (Wildman–Crippen MR) is 94.2 cm³/mol. The highest BCUT2D eigenvalue weighted by Gasteiger charge is 2.11. The number of ether oxygens (including phenoxy) is 1. The maximum absolute atomic E-state index is 9.70. The summed E-state index contributed by atoms with van der Waals surface area (Å²) in [4.78, 5) is 8.60. The second kappa shape index (κ2) is 6.12. The Morgan fingerprint density at radius 2 is 2.00 bits per heavy atom. The van der Waals surface area contributed by atoms with Gasteiger partial charge in [0, 0.05) is 17.8 Å². The van der Waals surface area contributed by atoms with E-state index in [4.69, 9.17) is 4.74 Å². The van der Waals surface area contributed by atoms with Crippen molar-refractivity contribution in [3.63, 3.8) is 0 Å². The molecule has 0 unspecified atom stereocenters. The Morgan fingerprint density at radius 1 is 1.08 bits per heavy atom. The molecule has 0 spiro atoms. The van der Waals surface area contributed by atoms with Gasteiger partial charge in [0.2, 0.25) is 5.88 Å². The molecule has 0 atom stereocenters. The van der Waals surface area contributed by atoms with Gasteiger partial charge in [-0.3, -0.25) is 0 Å². The first-order valence-electron chi connectivity index (χ1n) is 7.64. The van der Waals surface area contributed by atoms with Gasteiger partial charge in [-0.25, -0.2) is 9.97 Å². The molecule has 0 bridgehead atoms. The Balaban J connectivity index is 1.73. The number of hydrogen-bond donors (Lipinski definition) is 2. The van der Waals surface area contributed by atoms with E-state index in [1.54, 1.807) is 54.5 Å². The lowest BCUT2D eigenvalue weighted by Crippen LogP contribution is -2.01. The fourth-order valence-electron chi connectivity index (χ4n) is 2.59. The van der Waals surface area contributed by atoms with E-state index < -0.39 is 0 Å². The minimum Gasteiger partial charge on any atom is -0.508 e. The maximum Gasteiger partial charge on any atom is 0.213 e. The monoisotopic (exact) mass is 333 g/mol. The Labute approximate surface area is 143 Å². The van der Waals surface area contributed by atoms with Gasteiger partial charge in [0.05, 0.1) is 25.2 Å². The number of nitrogens with one attached hydrogen (secondary N) is 1. The van der Waals surface area contributed by atoms with Crippen molar-refractivity contribution in [1.82, 2.24) is 19.6 Å². The summed E-state index contributed by atoms with van der Waals surface area (Å²) in [7, 11) is 1.58. The van der Waals surface area contributed by atoms with E-state index >= 15 is 0 Å². The largest absolute Gasteiger partial charge is 0.508 e. The molecule has 0 fully saturated rings. The topological polar surface area (TPSA) is 84.6 Å². The highest BCUT2D eigenvalue weighted by Crippen LogP contribution is 2.28. The Kier molecular flexibility index (Phi) is 3.66. The van der Waals surface area contributed by atoms with Gasteiger partial charge in [-0.05, 0) is 29.8 Å². The van der Waals surface area contributed by atoms with Gasteiger partial charge in [-0.1, -0.05) is 12.1 Å². The molecule has 7 heteroatoms. The fourth-order valence-corrected chi connectivity index (χ4v) is 2.59. The van der Waals surface area contributed by atoms with E-state index in [0.29, 0.717) is 11.5 Å². The number of hydrogen-bond acceptors (Lipinski definition) is 6. The van der Waals surface area contributed by atoms with E-state index in [-0.39, 0.29) is 5.75 Å². The predicted octanol–water partition coefficient (Wildman–Crippen LogP) is 3.25. The van der Waals surface area contributed by atoms with Gasteiger partial charge in [-0.2, -0.15) is 9.61 Å². The normalized spacial score (nSPS) is 10.8. The van der Waals surface area contributed by atoms with Crippen molar-refractivity contribution in [2.45, 2.75) is 0 Å². The van der Waals surface area contributed by atoms with Crippen LogP contribution in [0.3, 0.4) is 0 Å². The summed E-state index contributed by atoms with van der Waals surface area (Å²) in [5.74, 6) is 1.51. The van der Waals surface area contributed by atoms with Gasteiger partial charge in [0.15, 0.2) is 5.65 Å². The lowest BCUT2D eigenvalue weighted by molar-refractivity contribution is 0.398. The number of aromatic hydroxyl groups is 1. The first-order valence-corrected chi connectivity index (χ1v) is 7.64. The minimum atomic E-state index is 0.204. The Hall–Kier alpha value is -3.61. The third-order valence-electron chi connectivity index (χ3n) is 3.78. The van der Waals surface area contributed by atoms with Gasteiger partial charge < -0.3 is 15.2 Å². The van der Waals surface area contributed by atoms with Gasteiger partial charge in [0.1, 0.15) is 11.6 Å². The van der Waals surface area contributed by atoms with Crippen molar-refractivity contribution in [1.29, 1.82) is 0 Å². The van der Waals surface area contributed by atoms with Crippen LogP contribution in [0.15, 0.2) is 61.1 Å². The van der Waals surface area contributed by atoms with Crippen molar-refractivity contribution in [3.8, 4) is 22.8 Å². The summed E-state index contributed by atoms with van der Waals surface area (Å²) in [5.41, 5.74) is 3.19. The van der Waals surface area contributed by atoms with Crippen LogP contribution in [0.2, 0.25) is 0 Å². The summed E-state index contributed by atoms with van der Waals surface area (Å²) in [6, 6.07) is 12.5. The summed E-state index contributed by atoms with van der Waals surface area (Å²) < 4.78 is 6.78. The number of phenols is 1. The molecule has 7 nitrogen and oxygen atoms in total. The molecule has 25 heavy (non-hydrogen) atoms. The third kappa shape index (κ3) is 2.83. The maximum atomic E-state index is 9.70. The van der Waals surface area contributed by atoms with Crippen LogP contribution in [-0.4, -0.2) is 31.8 Å². The molecule has 3 heterocycles. The zero-order chi connectivity index (χ0) is 17.2. The number of fused-ring (bicyclic) bond motifs is 1. The smallest absolute Gasteiger partial charge is 0.213 e. The zero-order valence-corrected chi connectivity index (χ0v) is 13.4. The molecule has 0 saturated carbocycles. The Morgan fingerprint density at radius 3 is 2.76 bits per heavy atom. The number of benzene rings is 1. The average Bonchev–Trinajstić information content (AvgIpc) is 3.07. The van der Waals surface area contributed by atoms with E-state index in [1.807, 2.05) is 18.2 Å². The molecular formula is C18H15N5O2. The van der Waals surface area contributed by atoms with Crippen LogP contribution in [0.5, 0.6) is 11.6 Å². The zero-order valence-electron chi connectivity index (χ0n) is 13.4. The van der Waals surface area contributed by atoms with E-state index in [1.165, 1.54) is 0 Å². The van der Waals surface area contributed by atoms with Crippen LogP contribution in [0, 0.1) is 0 Å². The molecule has 4 rings (SSSR count). The molecule has 0 aliphatic carbocycles. The first kappa shape index (κ1) is 14.9. The molecule has 0 aliphatic heterocycles. The van der Waals surface area contributed by atoms with Crippen LogP contribution in [0.1, 0.15) is 0 Å². The lowest BCUT2D eigenvalue weighted by Gasteiger charge is -2.08. The van der Waals surface area contributed by atoms with Crippen molar-refractivity contribution in [2.24, 2.45) is 0 Å². The molecule has 0 saturated heterocycles. The standard InChI is InChI=1S/C18H15N5O2/c1-25-17-6-5-13(10-20-17)22-16-7-8-19-18-15(11-21-23(16)18)12-3-2-4-14(24)9-12/h2-11,22,24H,1H3. The van der Waals surface area contributed by atoms with Crippen LogP contribution in [0.4, 0.5) is 11.5 Å². The summed E-state index contributed by atoms with van der Waals surface area (Å²) >= 11 is 0. The van der Waals surface area contributed by atoms with Crippen molar-refractivity contribution < 1.29 is 9.84 Å². The first-order chi connectivity index (χ1) is 12.2. The summed E-state index contributed by atoms with van der Waals surface area (Å²) in [5, 5.41) is 17.4.